The Bertz CT molecular complexity index is 497. The van der Waals surface area contributed by atoms with Crippen molar-refractivity contribution < 1.29 is 4.42 Å². The average molecular weight is 243 g/mol. The SMILES string of the molecule is c1ccc2c(CNCCC3CCCC3)coc2c1. The molecule has 1 fully saturated rings. The van der Waals surface area contributed by atoms with Crippen LogP contribution in [0.5, 0.6) is 0 Å². The number of nitrogens with one attached hydrogen (secondary N) is 1. The fourth-order valence-corrected chi connectivity index (χ4v) is 3.00. The molecule has 1 aromatic heterocycles. The van der Waals surface area contributed by atoms with Crippen LogP contribution in [0.3, 0.4) is 0 Å². The van der Waals surface area contributed by atoms with E-state index in [2.05, 4.69) is 17.4 Å². The first-order chi connectivity index (χ1) is 8.93. The number of para-hydroxylation sites is 1. The predicted molar refractivity (Wildman–Crippen MR) is 74.5 cm³/mol. The number of fused-ring (bicyclic) bond motifs is 1. The highest BCUT2D eigenvalue weighted by Crippen LogP contribution is 2.27. The van der Waals surface area contributed by atoms with Crippen LogP contribution in [-0.2, 0) is 6.54 Å². The summed E-state index contributed by atoms with van der Waals surface area (Å²) in [4.78, 5) is 0. The van der Waals surface area contributed by atoms with Crippen molar-refractivity contribution in [3.05, 3.63) is 36.1 Å². The molecule has 1 aliphatic rings. The maximum atomic E-state index is 5.54. The molecule has 96 valence electrons. The van der Waals surface area contributed by atoms with Crippen LogP contribution in [0.1, 0.15) is 37.7 Å². The van der Waals surface area contributed by atoms with Gasteiger partial charge in [-0.1, -0.05) is 43.9 Å². The van der Waals surface area contributed by atoms with Crippen LogP contribution in [0, 0.1) is 5.92 Å². The molecular weight excluding hydrogens is 222 g/mol. The first kappa shape index (κ1) is 11.8. The van der Waals surface area contributed by atoms with Crippen LogP contribution in [0.2, 0.25) is 0 Å². The van der Waals surface area contributed by atoms with E-state index in [4.69, 9.17) is 4.42 Å². The molecule has 1 aromatic carbocycles. The Morgan fingerprint density at radius 2 is 2.00 bits per heavy atom. The van der Waals surface area contributed by atoms with Gasteiger partial charge in [-0.05, 0) is 24.9 Å². The van der Waals surface area contributed by atoms with Gasteiger partial charge in [0.15, 0.2) is 0 Å². The molecule has 0 spiro atoms. The van der Waals surface area contributed by atoms with Crippen molar-refractivity contribution in [2.45, 2.75) is 38.6 Å². The Hall–Kier alpha value is -1.28. The minimum Gasteiger partial charge on any atom is -0.464 e. The lowest BCUT2D eigenvalue weighted by Gasteiger charge is -2.09. The van der Waals surface area contributed by atoms with E-state index in [1.165, 1.54) is 43.1 Å². The zero-order valence-electron chi connectivity index (χ0n) is 10.8. The normalized spacial score (nSPS) is 16.7. The number of hydrogen-bond donors (Lipinski definition) is 1. The second-order valence-electron chi connectivity index (χ2n) is 5.37. The van der Waals surface area contributed by atoms with Crippen LogP contribution in [0.4, 0.5) is 0 Å². The summed E-state index contributed by atoms with van der Waals surface area (Å²) in [6.07, 6.45) is 8.98. The summed E-state index contributed by atoms with van der Waals surface area (Å²) in [5, 5.41) is 4.79. The van der Waals surface area contributed by atoms with Crippen LogP contribution in [0.15, 0.2) is 34.9 Å². The third-order valence-electron chi connectivity index (χ3n) is 4.08. The molecule has 0 bridgehead atoms. The molecule has 1 N–H and O–H groups in total. The van der Waals surface area contributed by atoms with E-state index in [9.17, 15) is 0 Å². The molecule has 0 radical (unpaired) electrons. The molecule has 0 saturated heterocycles. The van der Waals surface area contributed by atoms with Crippen molar-refractivity contribution >= 4 is 11.0 Å². The van der Waals surface area contributed by atoms with Gasteiger partial charge in [0.05, 0.1) is 6.26 Å². The van der Waals surface area contributed by atoms with Crippen LogP contribution in [-0.4, -0.2) is 6.54 Å². The van der Waals surface area contributed by atoms with Crippen LogP contribution in [0.25, 0.3) is 11.0 Å². The monoisotopic (exact) mass is 243 g/mol. The summed E-state index contributed by atoms with van der Waals surface area (Å²) in [6.45, 7) is 2.05. The van der Waals surface area contributed by atoms with E-state index >= 15 is 0 Å². The smallest absolute Gasteiger partial charge is 0.134 e. The molecule has 2 nitrogen and oxygen atoms in total. The predicted octanol–water partition coefficient (Wildman–Crippen LogP) is 4.10. The highest BCUT2D eigenvalue weighted by molar-refractivity contribution is 5.80. The Morgan fingerprint density at radius 1 is 1.17 bits per heavy atom. The van der Waals surface area contributed by atoms with Gasteiger partial charge in [-0.3, -0.25) is 0 Å². The molecule has 0 amide bonds. The summed E-state index contributed by atoms with van der Waals surface area (Å²) in [5.74, 6) is 0.971. The lowest BCUT2D eigenvalue weighted by Crippen LogP contribution is -2.16. The van der Waals surface area contributed by atoms with Crippen molar-refractivity contribution in [3.8, 4) is 0 Å². The van der Waals surface area contributed by atoms with Gasteiger partial charge < -0.3 is 9.73 Å². The van der Waals surface area contributed by atoms with Gasteiger partial charge in [0.1, 0.15) is 5.58 Å². The molecule has 18 heavy (non-hydrogen) atoms. The van der Waals surface area contributed by atoms with Crippen molar-refractivity contribution in [1.82, 2.24) is 5.32 Å². The average Bonchev–Trinajstić information content (AvgIpc) is 3.04. The number of benzene rings is 1. The van der Waals surface area contributed by atoms with Gasteiger partial charge >= 0.3 is 0 Å². The van der Waals surface area contributed by atoms with Crippen molar-refractivity contribution in [2.24, 2.45) is 5.92 Å². The number of hydrogen-bond acceptors (Lipinski definition) is 2. The van der Waals surface area contributed by atoms with E-state index in [0.717, 1.165) is 24.6 Å². The first-order valence-electron chi connectivity index (χ1n) is 7.09. The van der Waals surface area contributed by atoms with E-state index < -0.39 is 0 Å². The van der Waals surface area contributed by atoms with E-state index in [1.54, 1.807) is 0 Å². The Labute approximate surface area is 108 Å². The summed E-state index contributed by atoms with van der Waals surface area (Å²) >= 11 is 0. The minimum absolute atomic E-state index is 0.920. The lowest BCUT2D eigenvalue weighted by molar-refractivity contribution is 0.477. The topological polar surface area (TPSA) is 25.2 Å². The molecule has 0 aliphatic heterocycles. The standard InChI is InChI=1S/C16H21NO/c1-2-6-13(5-1)9-10-17-11-14-12-18-16-8-4-3-7-15(14)16/h3-4,7-8,12-13,17H,1-2,5-6,9-11H2. The van der Waals surface area contributed by atoms with E-state index in [-0.39, 0.29) is 0 Å². The highest BCUT2D eigenvalue weighted by Gasteiger charge is 2.14. The molecule has 0 atom stereocenters. The quantitative estimate of drug-likeness (QED) is 0.800. The molecule has 2 heteroatoms. The summed E-state index contributed by atoms with van der Waals surface area (Å²) in [7, 11) is 0. The second kappa shape index (κ2) is 5.57. The molecule has 1 heterocycles. The maximum absolute atomic E-state index is 5.54. The van der Waals surface area contributed by atoms with Gasteiger partial charge in [-0.2, -0.15) is 0 Å². The Balaban J connectivity index is 1.50. The fourth-order valence-electron chi connectivity index (χ4n) is 3.00. The Morgan fingerprint density at radius 3 is 2.89 bits per heavy atom. The molecule has 2 aromatic rings. The van der Waals surface area contributed by atoms with Crippen molar-refractivity contribution in [2.75, 3.05) is 6.54 Å². The minimum atomic E-state index is 0.920. The van der Waals surface area contributed by atoms with Gasteiger partial charge in [0.25, 0.3) is 0 Å². The molecule has 1 aliphatic carbocycles. The fraction of sp³-hybridized carbons (Fsp3) is 0.500. The molecule has 0 unspecified atom stereocenters. The highest BCUT2D eigenvalue weighted by atomic mass is 16.3. The first-order valence-corrected chi connectivity index (χ1v) is 7.09. The second-order valence-corrected chi connectivity index (χ2v) is 5.37. The van der Waals surface area contributed by atoms with E-state index in [0.29, 0.717) is 0 Å². The van der Waals surface area contributed by atoms with Gasteiger partial charge in [0.2, 0.25) is 0 Å². The van der Waals surface area contributed by atoms with Gasteiger partial charge in [0, 0.05) is 17.5 Å². The van der Waals surface area contributed by atoms with Crippen molar-refractivity contribution in [1.29, 1.82) is 0 Å². The van der Waals surface area contributed by atoms with Crippen LogP contribution < -0.4 is 5.32 Å². The molecule has 3 rings (SSSR count). The zero-order chi connectivity index (χ0) is 12.2. The summed E-state index contributed by atoms with van der Waals surface area (Å²) < 4.78 is 5.54. The number of furan rings is 1. The van der Waals surface area contributed by atoms with E-state index in [1.807, 2.05) is 18.4 Å². The van der Waals surface area contributed by atoms with Gasteiger partial charge in [-0.15, -0.1) is 0 Å². The van der Waals surface area contributed by atoms with Gasteiger partial charge in [-0.25, -0.2) is 0 Å². The lowest BCUT2D eigenvalue weighted by atomic mass is 10.0. The maximum Gasteiger partial charge on any atom is 0.134 e. The zero-order valence-corrected chi connectivity index (χ0v) is 10.8. The Kier molecular flexibility index (Phi) is 3.65. The van der Waals surface area contributed by atoms with Crippen LogP contribution >= 0.6 is 0 Å². The molecular formula is C16H21NO. The summed E-state index contributed by atoms with van der Waals surface area (Å²) in [6, 6.07) is 8.24. The molecule has 1 saturated carbocycles. The van der Waals surface area contributed by atoms with Crippen molar-refractivity contribution in [3.63, 3.8) is 0 Å². The third-order valence-corrected chi connectivity index (χ3v) is 4.08. The number of rotatable bonds is 5. The third kappa shape index (κ3) is 2.59. The largest absolute Gasteiger partial charge is 0.464 e. The summed E-state index contributed by atoms with van der Waals surface area (Å²) in [5.41, 5.74) is 2.27.